The summed E-state index contributed by atoms with van der Waals surface area (Å²) in [5.74, 6) is 1.44. The molecule has 5 heteroatoms. The van der Waals surface area contributed by atoms with Crippen molar-refractivity contribution in [3.8, 4) is 0 Å². The Kier molecular flexibility index (Phi) is 2.42. The number of hydrogen-bond donors (Lipinski definition) is 0. The molecule has 5 nitrogen and oxygen atoms in total. The lowest BCUT2D eigenvalue weighted by atomic mass is 9.85. The van der Waals surface area contributed by atoms with Crippen LogP contribution in [0.25, 0.3) is 0 Å². The summed E-state index contributed by atoms with van der Waals surface area (Å²) in [6, 6.07) is 0. The van der Waals surface area contributed by atoms with Crippen molar-refractivity contribution in [2.24, 2.45) is 0 Å². The van der Waals surface area contributed by atoms with Gasteiger partial charge < -0.3 is 9.26 Å². The molecular formula is C12H16N2O3. The van der Waals surface area contributed by atoms with Crippen molar-refractivity contribution in [2.45, 2.75) is 50.4 Å². The van der Waals surface area contributed by atoms with E-state index in [-0.39, 0.29) is 5.97 Å². The van der Waals surface area contributed by atoms with Crippen LogP contribution in [0.15, 0.2) is 4.52 Å². The first kappa shape index (κ1) is 10.7. The summed E-state index contributed by atoms with van der Waals surface area (Å²) in [6.07, 6.45) is 5.02. The highest BCUT2D eigenvalue weighted by Crippen LogP contribution is 2.49. The lowest BCUT2D eigenvalue weighted by molar-refractivity contribution is -0.146. The van der Waals surface area contributed by atoms with Gasteiger partial charge in [0.1, 0.15) is 5.41 Å². The third kappa shape index (κ3) is 1.64. The molecule has 1 aromatic rings. The van der Waals surface area contributed by atoms with Crippen LogP contribution in [-0.2, 0) is 14.9 Å². The third-order valence-electron chi connectivity index (χ3n) is 3.74. The van der Waals surface area contributed by atoms with Crippen LogP contribution >= 0.6 is 0 Å². The molecular weight excluding hydrogens is 220 g/mol. The largest absolute Gasteiger partial charge is 0.465 e. The van der Waals surface area contributed by atoms with Gasteiger partial charge in [-0.25, -0.2) is 0 Å². The van der Waals surface area contributed by atoms with Gasteiger partial charge in [0, 0.05) is 5.92 Å². The van der Waals surface area contributed by atoms with Crippen molar-refractivity contribution in [1.29, 1.82) is 0 Å². The normalized spacial score (nSPS) is 21.9. The highest BCUT2D eigenvalue weighted by atomic mass is 16.5. The summed E-state index contributed by atoms with van der Waals surface area (Å²) in [7, 11) is 0. The van der Waals surface area contributed by atoms with Crippen molar-refractivity contribution in [2.75, 3.05) is 6.61 Å². The molecule has 3 rings (SSSR count). The number of hydrogen-bond acceptors (Lipinski definition) is 5. The zero-order valence-electron chi connectivity index (χ0n) is 9.94. The Hall–Kier alpha value is -1.39. The zero-order valence-corrected chi connectivity index (χ0v) is 9.94. The molecule has 0 saturated heterocycles. The number of carbonyl (C=O) groups excluding carboxylic acids is 1. The molecule has 0 unspecified atom stereocenters. The zero-order chi connectivity index (χ0) is 11.9. The molecule has 0 spiro atoms. The summed E-state index contributed by atoms with van der Waals surface area (Å²) in [5, 5.41) is 3.99. The van der Waals surface area contributed by atoms with E-state index in [1.807, 2.05) is 6.92 Å². The average Bonchev–Trinajstić information content (AvgIpc) is 2.92. The molecule has 2 aliphatic rings. The Morgan fingerprint density at radius 1 is 1.53 bits per heavy atom. The maximum absolute atomic E-state index is 11.8. The summed E-state index contributed by atoms with van der Waals surface area (Å²) < 4.78 is 10.3. The molecule has 2 aliphatic carbocycles. The van der Waals surface area contributed by atoms with Crippen molar-refractivity contribution in [1.82, 2.24) is 10.1 Å². The van der Waals surface area contributed by atoms with Crippen LogP contribution in [0.3, 0.4) is 0 Å². The van der Waals surface area contributed by atoms with Gasteiger partial charge in [0.05, 0.1) is 6.61 Å². The van der Waals surface area contributed by atoms with Crippen molar-refractivity contribution in [3.63, 3.8) is 0 Å². The SMILES string of the molecule is CCOC(=O)C1(c2nc(C3CCC3)no2)CC1. The van der Waals surface area contributed by atoms with Crippen LogP contribution in [-0.4, -0.2) is 22.7 Å². The maximum Gasteiger partial charge on any atom is 0.321 e. The van der Waals surface area contributed by atoms with Crippen molar-refractivity contribution >= 4 is 5.97 Å². The Bertz CT molecular complexity index is 433. The predicted molar refractivity (Wildman–Crippen MR) is 58.4 cm³/mol. The fraction of sp³-hybridized carbons (Fsp3) is 0.750. The van der Waals surface area contributed by atoms with Gasteiger partial charge in [-0.2, -0.15) is 4.98 Å². The molecule has 17 heavy (non-hydrogen) atoms. The molecule has 0 atom stereocenters. The minimum Gasteiger partial charge on any atom is -0.465 e. The first-order chi connectivity index (χ1) is 8.26. The molecule has 1 aromatic heterocycles. The van der Waals surface area contributed by atoms with E-state index in [4.69, 9.17) is 9.26 Å². The molecule has 2 saturated carbocycles. The molecule has 2 fully saturated rings. The molecule has 1 heterocycles. The van der Waals surface area contributed by atoms with Gasteiger partial charge in [0.25, 0.3) is 0 Å². The Balaban J connectivity index is 1.79. The second kappa shape index (κ2) is 3.82. The van der Waals surface area contributed by atoms with Gasteiger partial charge in [-0.3, -0.25) is 4.79 Å². The molecule has 0 aromatic carbocycles. The van der Waals surface area contributed by atoms with E-state index in [1.54, 1.807) is 0 Å². The minimum atomic E-state index is -0.620. The molecule has 0 N–H and O–H groups in total. The fourth-order valence-corrected chi connectivity index (χ4v) is 2.16. The number of ether oxygens (including phenoxy) is 1. The second-order valence-corrected chi connectivity index (χ2v) is 4.89. The van der Waals surface area contributed by atoms with Crippen molar-refractivity contribution in [3.05, 3.63) is 11.7 Å². The van der Waals surface area contributed by atoms with E-state index < -0.39 is 5.41 Å². The van der Waals surface area contributed by atoms with Crippen LogP contribution < -0.4 is 0 Å². The van der Waals surface area contributed by atoms with E-state index in [9.17, 15) is 4.79 Å². The summed E-state index contributed by atoms with van der Waals surface area (Å²) in [4.78, 5) is 16.2. The smallest absolute Gasteiger partial charge is 0.321 e. The van der Waals surface area contributed by atoms with Gasteiger partial charge >= 0.3 is 5.97 Å². The van der Waals surface area contributed by atoms with Crippen LogP contribution in [0.5, 0.6) is 0 Å². The number of nitrogens with zero attached hydrogens (tertiary/aromatic N) is 2. The standard InChI is InChI=1S/C12H16N2O3/c1-2-16-11(15)12(6-7-12)10-13-9(14-17-10)8-4-3-5-8/h8H,2-7H2,1H3. The number of rotatable bonds is 4. The van der Waals surface area contributed by atoms with Gasteiger partial charge in [-0.05, 0) is 32.6 Å². The summed E-state index contributed by atoms with van der Waals surface area (Å²) in [6.45, 7) is 2.20. The van der Waals surface area contributed by atoms with Crippen LogP contribution in [0.1, 0.15) is 56.7 Å². The van der Waals surface area contributed by atoms with Crippen LogP contribution in [0, 0.1) is 0 Å². The highest BCUT2D eigenvalue weighted by molar-refractivity contribution is 5.85. The number of esters is 1. The predicted octanol–water partition coefficient (Wildman–Crippen LogP) is 1.93. The van der Waals surface area contributed by atoms with E-state index >= 15 is 0 Å². The Morgan fingerprint density at radius 2 is 2.29 bits per heavy atom. The van der Waals surface area contributed by atoms with Crippen LogP contribution in [0.4, 0.5) is 0 Å². The van der Waals surface area contributed by atoms with Gasteiger partial charge in [-0.1, -0.05) is 11.6 Å². The van der Waals surface area contributed by atoms with Crippen molar-refractivity contribution < 1.29 is 14.1 Å². The first-order valence-corrected chi connectivity index (χ1v) is 6.27. The van der Waals surface area contributed by atoms with Crippen LogP contribution in [0.2, 0.25) is 0 Å². The molecule has 0 aliphatic heterocycles. The Labute approximate surface area is 99.5 Å². The quantitative estimate of drug-likeness (QED) is 0.747. The molecule has 0 radical (unpaired) electrons. The molecule has 0 bridgehead atoms. The number of aromatic nitrogens is 2. The Morgan fingerprint density at radius 3 is 2.82 bits per heavy atom. The highest BCUT2D eigenvalue weighted by Gasteiger charge is 2.57. The van der Waals surface area contributed by atoms with Gasteiger partial charge in [-0.15, -0.1) is 0 Å². The van der Waals surface area contributed by atoms with E-state index in [1.165, 1.54) is 6.42 Å². The lowest BCUT2D eigenvalue weighted by Gasteiger charge is -2.21. The lowest BCUT2D eigenvalue weighted by Crippen LogP contribution is -2.23. The first-order valence-electron chi connectivity index (χ1n) is 6.27. The maximum atomic E-state index is 11.8. The van der Waals surface area contributed by atoms with Gasteiger partial charge in [0.15, 0.2) is 5.82 Å². The molecule has 92 valence electrons. The second-order valence-electron chi connectivity index (χ2n) is 4.89. The third-order valence-corrected chi connectivity index (χ3v) is 3.74. The monoisotopic (exact) mass is 236 g/mol. The number of carbonyl (C=O) groups is 1. The average molecular weight is 236 g/mol. The fourth-order valence-electron chi connectivity index (χ4n) is 2.16. The van der Waals surface area contributed by atoms with E-state index in [2.05, 4.69) is 10.1 Å². The minimum absolute atomic E-state index is 0.219. The van der Waals surface area contributed by atoms with E-state index in [0.717, 1.165) is 31.5 Å². The topological polar surface area (TPSA) is 65.2 Å². The van der Waals surface area contributed by atoms with E-state index in [0.29, 0.717) is 18.4 Å². The van der Waals surface area contributed by atoms with Gasteiger partial charge in [0.2, 0.25) is 5.89 Å². The summed E-state index contributed by atoms with van der Waals surface area (Å²) in [5.41, 5.74) is -0.620. The molecule has 0 amide bonds. The summed E-state index contributed by atoms with van der Waals surface area (Å²) >= 11 is 0.